The summed E-state index contributed by atoms with van der Waals surface area (Å²) in [6.07, 6.45) is 1.13. The number of hydrogen-bond donors (Lipinski definition) is 2. The van der Waals surface area contributed by atoms with Crippen molar-refractivity contribution >= 4 is 27.1 Å². The van der Waals surface area contributed by atoms with Gasteiger partial charge in [-0.05, 0) is 36.4 Å². The highest BCUT2D eigenvalue weighted by Crippen LogP contribution is 2.41. The van der Waals surface area contributed by atoms with Crippen molar-refractivity contribution in [3.05, 3.63) is 83.4 Å². The Morgan fingerprint density at radius 3 is 2.41 bits per heavy atom. The third-order valence-electron chi connectivity index (χ3n) is 4.47. The summed E-state index contributed by atoms with van der Waals surface area (Å²) in [6, 6.07) is 18.4. The molecule has 3 aromatic rings. The van der Waals surface area contributed by atoms with E-state index in [-0.39, 0.29) is 16.2 Å². The van der Waals surface area contributed by atoms with Crippen molar-refractivity contribution in [1.29, 1.82) is 0 Å². The fourth-order valence-electron chi connectivity index (χ4n) is 3.09. The van der Waals surface area contributed by atoms with Gasteiger partial charge in [0.2, 0.25) is 0 Å². The van der Waals surface area contributed by atoms with Crippen molar-refractivity contribution in [1.82, 2.24) is 5.48 Å². The largest absolute Gasteiger partial charge is 0.453 e. The molecule has 8 heteroatoms. The quantitative estimate of drug-likeness (QED) is 0.399. The molecular weight excluding hydrogens is 392 g/mol. The van der Waals surface area contributed by atoms with Crippen LogP contribution >= 0.6 is 0 Å². The number of para-hydroxylation sites is 3. The van der Waals surface area contributed by atoms with Crippen LogP contribution in [0.15, 0.2) is 76.6 Å². The second kappa shape index (κ2) is 7.16. The molecule has 0 fully saturated rings. The second-order valence-electron chi connectivity index (χ2n) is 6.45. The Hall–Kier alpha value is -3.49. The molecule has 0 aliphatic carbocycles. The Labute approximate surface area is 167 Å². The molecule has 0 atom stereocenters. The highest BCUT2D eigenvalue weighted by molar-refractivity contribution is 7.90. The van der Waals surface area contributed by atoms with Gasteiger partial charge < -0.3 is 4.74 Å². The number of aliphatic imine (C=N–C) groups is 1. The van der Waals surface area contributed by atoms with Crippen molar-refractivity contribution in [2.45, 2.75) is 4.90 Å². The van der Waals surface area contributed by atoms with Crippen LogP contribution < -0.4 is 10.2 Å². The lowest BCUT2D eigenvalue weighted by Crippen LogP contribution is -2.18. The first-order chi connectivity index (χ1) is 13.9. The average Bonchev–Trinajstić information content (AvgIpc) is 2.89. The number of benzene rings is 3. The smallest absolute Gasteiger partial charge is 0.274 e. The van der Waals surface area contributed by atoms with E-state index in [1.807, 2.05) is 6.07 Å². The van der Waals surface area contributed by atoms with Crippen molar-refractivity contribution in [3.8, 4) is 11.5 Å². The average molecular weight is 408 g/mol. The maximum absolute atomic E-state index is 12.3. The molecule has 0 spiro atoms. The van der Waals surface area contributed by atoms with Crippen LogP contribution in [0.1, 0.15) is 21.5 Å². The van der Waals surface area contributed by atoms with E-state index in [1.54, 1.807) is 60.1 Å². The van der Waals surface area contributed by atoms with Gasteiger partial charge in [-0.1, -0.05) is 30.3 Å². The molecule has 0 unspecified atom stereocenters. The molecule has 3 aromatic carbocycles. The molecule has 4 rings (SSSR count). The first-order valence-electron chi connectivity index (χ1n) is 8.62. The Morgan fingerprint density at radius 2 is 1.72 bits per heavy atom. The zero-order valence-electron chi connectivity index (χ0n) is 15.3. The van der Waals surface area contributed by atoms with Gasteiger partial charge in [-0.25, -0.2) is 18.9 Å². The van der Waals surface area contributed by atoms with Crippen molar-refractivity contribution in [2.24, 2.45) is 4.99 Å². The first kappa shape index (κ1) is 18.9. The number of nitrogens with one attached hydrogen (secondary N) is 1. The fraction of sp³-hybridized carbons (Fsp3) is 0.0476. The number of fused-ring (bicyclic) bond motifs is 2. The highest BCUT2D eigenvalue weighted by atomic mass is 32.2. The topological polar surface area (TPSA) is 105 Å². The zero-order valence-corrected chi connectivity index (χ0v) is 16.1. The van der Waals surface area contributed by atoms with Gasteiger partial charge >= 0.3 is 0 Å². The highest BCUT2D eigenvalue weighted by Gasteiger charge is 2.25. The predicted octanol–water partition coefficient (Wildman–Crippen LogP) is 3.48. The van der Waals surface area contributed by atoms with E-state index >= 15 is 0 Å². The zero-order chi connectivity index (χ0) is 20.6. The summed E-state index contributed by atoms with van der Waals surface area (Å²) in [5.41, 5.74) is 4.09. The number of nitrogens with zero attached hydrogens (tertiary/aromatic N) is 1. The van der Waals surface area contributed by atoms with Gasteiger partial charge in [-0.2, -0.15) is 0 Å². The summed E-state index contributed by atoms with van der Waals surface area (Å²) < 4.78 is 30.7. The van der Waals surface area contributed by atoms with Gasteiger partial charge in [0.15, 0.2) is 21.3 Å². The molecule has 1 heterocycles. The van der Waals surface area contributed by atoms with E-state index in [1.165, 1.54) is 6.07 Å². The van der Waals surface area contributed by atoms with Crippen molar-refractivity contribution in [3.63, 3.8) is 0 Å². The minimum Gasteiger partial charge on any atom is -0.453 e. The van der Waals surface area contributed by atoms with Crippen LogP contribution in [-0.4, -0.2) is 31.5 Å². The lowest BCUT2D eigenvalue weighted by atomic mass is 10.00. The Bertz CT molecular complexity index is 1250. The number of hydrogen-bond acceptors (Lipinski definition) is 6. The van der Waals surface area contributed by atoms with E-state index < -0.39 is 15.7 Å². The standard InChI is InChI=1S/C21H16N2O5S/c1-29(26,27)18-8-4-5-15-19(13-9-11-14(12-10-13)21(24)23-25)22-16-6-2-3-7-17(16)28-20(15)18/h2-12,25H,1H3,(H,23,24). The monoisotopic (exact) mass is 408 g/mol. The molecule has 1 amide bonds. The Balaban J connectivity index is 1.96. The molecule has 0 aromatic heterocycles. The first-order valence-corrected chi connectivity index (χ1v) is 10.5. The van der Waals surface area contributed by atoms with E-state index in [0.29, 0.717) is 28.3 Å². The number of carbonyl (C=O) groups is 1. The predicted molar refractivity (Wildman–Crippen MR) is 107 cm³/mol. The molecule has 0 radical (unpaired) electrons. The van der Waals surface area contributed by atoms with Gasteiger partial charge in [0.05, 0.1) is 5.71 Å². The molecule has 0 saturated carbocycles. The van der Waals surface area contributed by atoms with Gasteiger partial charge in [0.1, 0.15) is 10.6 Å². The van der Waals surface area contributed by atoms with E-state index in [0.717, 1.165) is 6.26 Å². The maximum Gasteiger partial charge on any atom is 0.274 e. The second-order valence-corrected chi connectivity index (χ2v) is 8.44. The Morgan fingerprint density at radius 1 is 1.00 bits per heavy atom. The lowest BCUT2D eigenvalue weighted by Gasteiger charge is -2.14. The van der Waals surface area contributed by atoms with Crippen LogP contribution in [0.25, 0.3) is 0 Å². The molecule has 2 N–H and O–H groups in total. The summed E-state index contributed by atoms with van der Waals surface area (Å²) in [4.78, 5) is 16.4. The number of hydroxylamine groups is 1. The van der Waals surface area contributed by atoms with E-state index in [4.69, 9.17) is 14.9 Å². The fourth-order valence-corrected chi connectivity index (χ4v) is 3.90. The molecular formula is C21H16N2O5S. The summed E-state index contributed by atoms with van der Waals surface area (Å²) in [6.45, 7) is 0. The van der Waals surface area contributed by atoms with Gasteiger partial charge in [0.25, 0.3) is 5.91 Å². The van der Waals surface area contributed by atoms with Gasteiger partial charge in [-0.3, -0.25) is 10.0 Å². The summed E-state index contributed by atoms with van der Waals surface area (Å²) >= 11 is 0. The lowest BCUT2D eigenvalue weighted by molar-refractivity contribution is 0.0706. The van der Waals surface area contributed by atoms with Crippen LogP contribution in [0, 0.1) is 0 Å². The minimum absolute atomic E-state index is 0.0654. The molecule has 0 bridgehead atoms. The molecule has 0 saturated heterocycles. The summed E-state index contributed by atoms with van der Waals surface area (Å²) in [5, 5.41) is 8.79. The minimum atomic E-state index is -3.55. The number of carbonyl (C=O) groups excluding carboxylic acids is 1. The van der Waals surface area contributed by atoms with Crippen LogP contribution in [0.4, 0.5) is 5.69 Å². The van der Waals surface area contributed by atoms with Crippen LogP contribution in [0.3, 0.4) is 0 Å². The van der Waals surface area contributed by atoms with Crippen LogP contribution in [0.5, 0.6) is 11.5 Å². The van der Waals surface area contributed by atoms with Gasteiger partial charge in [0, 0.05) is 22.9 Å². The Kier molecular flexibility index (Phi) is 4.65. The number of rotatable bonds is 3. The molecule has 146 valence electrons. The number of sulfone groups is 1. The number of ether oxygens (including phenoxy) is 1. The molecule has 7 nitrogen and oxygen atoms in total. The maximum atomic E-state index is 12.3. The van der Waals surface area contributed by atoms with Crippen molar-refractivity contribution < 1.29 is 23.2 Å². The SMILES string of the molecule is CS(=O)(=O)c1cccc2c1Oc1ccccc1N=C2c1ccc(C(=O)NO)cc1. The van der Waals surface area contributed by atoms with E-state index in [9.17, 15) is 13.2 Å². The number of amides is 1. The molecule has 1 aliphatic heterocycles. The summed E-state index contributed by atoms with van der Waals surface area (Å²) in [5.74, 6) is 0.0137. The van der Waals surface area contributed by atoms with Crippen LogP contribution in [-0.2, 0) is 9.84 Å². The van der Waals surface area contributed by atoms with Gasteiger partial charge in [-0.15, -0.1) is 0 Å². The molecule has 1 aliphatic rings. The summed E-state index contributed by atoms with van der Waals surface area (Å²) in [7, 11) is -3.55. The normalized spacial score (nSPS) is 12.7. The molecule has 29 heavy (non-hydrogen) atoms. The van der Waals surface area contributed by atoms with E-state index in [2.05, 4.69) is 0 Å². The van der Waals surface area contributed by atoms with Crippen molar-refractivity contribution in [2.75, 3.05) is 6.26 Å². The third-order valence-corrected chi connectivity index (χ3v) is 5.59. The third kappa shape index (κ3) is 3.51. The van der Waals surface area contributed by atoms with Crippen LogP contribution in [0.2, 0.25) is 0 Å².